The first-order chi connectivity index (χ1) is 18.9. The highest BCUT2D eigenvalue weighted by atomic mass is 16.5. The fraction of sp³-hybridized carbons (Fsp3) is 0.576. The largest absolute Gasteiger partial charge is 0.508 e. The fourth-order valence-electron chi connectivity index (χ4n) is 4.90. The lowest BCUT2D eigenvalue weighted by Crippen LogP contribution is -2.20. The van der Waals surface area contributed by atoms with Crippen LogP contribution in [0.3, 0.4) is 0 Å². The number of unbranched alkanes of at least 4 members (excludes halogenated alkanes) is 8. The summed E-state index contributed by atoms with van der Waals surface area (Å²) in [5, 5.41) is 18.8. The van der Waals surface area contributed by atoms with Crippen LogP contribution in [0.25, 0.3) is 0 Å². The number of benzene rings is 2. The molecule has 0 aliphatic carbocycles. The van der Waals surface area contributed by atoms with Crippen LogP contribution in [0.2, 0.25) is 0 Å². The van der Waals surface area contributed by atoms with Crippen LogP contribution in [-0.4, -0.2) is 22.2 Å². The highest BCUT2D eigenvalue weighted by Gasteiger charge is 2.20. The second kappa shape index (κ2) is 19.1. The van der Waals surface area contributed by atoms with Gasteiger partial charge in [-0.1, -0.05) is 84.5 Å². The number of hydrogen-bond acceptors (Lipinski definition) is 6. The van der Waals surface area contributed by atoms with Crippen molar-refractivity contribution >= 4 is 11.9 Å². The molecular weight excluding hydrogens is 492 g/mol. The lowest BCUT2D eigenvalue weighted by molar-refractivity contribution is -0.140. The minimum absolute atomic E-state index is 0.0706. The normalized spacial score (nSPS) is 12.6. The number of aromatic hydroxyl groups is 2. The van der Waals surface area contributed by atoms with Crippen LogP contribution in [0, 0.1) is 11.8 Å². The van der Waals surface area contributed by atoms with Gasteiger partial charge in [0.2, 0.25) is 0 Å². The molecule has 2 atom stereocenters. The summed E-state index contributed by atoms with van der Waals surface area (Å²) in [6, 6.07) is 12.6. The van der Waals surface area contributed by atoms with Gasteiger partial charge in [-0.05, 0) is 74.2 Å². The highest BCUT2D eigenvalue weighted by molar-refractivity contribution is 5.75. The van der Waals surface area contributed by atoms with Crippen LogP contribution in [0.15, 0.2) is 48.5 Å². The van der Waals surface area contributed by atoms with Gasteiger partial charge in [0.1, 0.15) is 23.0 Å². The second-order valence-corrected chi connectivity index (χ2v) is 10.6. The lowest BCUT2D eigenvalue weighted by Gasteiger charge is -2.15. The molecule has 0 aliphatic heterocycles. The number of rotatable bonds is 20. The molecule has 0 saturated heterocycles. The molecule has 0 radical (unpaired) electrons. The SMILES string of the molecule is CCC[C@H](CCCCCCCCCCC[C@@H](CCC)C(=O)Oc1ccc(O)cc1)C(=O)Oc1ccc(O)cc1. The molecule has 2 aromatic rings. The summed E-state index contributed by atoms with van der Waals surface area (Å²) in [4.78, 5) is 25.1. The Bertz CT molecular complexity index is 860. The molecule has 0 heterocycles. The average molecular weight is 541 g/mol. The molecule has 0 unspecified atom stereocenters. The summed E-state index contributed by atoms with van der Waals surface area (Å²) in [7, 11) is 0. The van der Waals surface area contributed by atoms with E-state index in [-0.39, 0.29) is 35.3 Å². The van der Waals surface area contributed by atoms with Crippen LogP contribution < -0.4 is 9.47 Å². The Morgan fingerprint density at radius 1 is 0.538 bits per heavy atom. The van der Waals surface area contributed by atoms with Gasteiger partial charge in [0.05, 0.1) is 11.8 Å². The predicted molar refractivity (Wildman–Crippen MR) is 155 cm³/mol. The van der Waals surface area contributed by atoms with Gasteiger partial charge in [0.25, 0.3) is 0 Å². The number of carbonyl (C=O) groups is 2. The third-order valence-corrected chi connectivity index (χ3v) is 7.16. The Balaban J connectivity index is 1.53. The average Bonchev–Trinajstić information content (AvgIpc) is 2.92. The number of phenolic OH excluding ortho intramolecular Hbond substituents is 2. The molecule has 0 spiro atoms. The molecule has 0 amide bonds. The fourth-order valence-corrected chi connectivity index (χ4v) is 4.90. The molecule has 2 rings (SSSR count). The van der Waals surface area contributed by atoms with Gasteiger partial charge in [0, 0.05) is 0 Å². The lowest BCUT2D eigenvalue weighted by atomic mass is 9.95. The zero-order valence-corrected chi connectivity index (χ0v) is 23.9. The topological polar surface area (TPSA) is 93.1 Å². The van der Waals surface area contributed by atoms with Crippen molar-refractivity contribution in [3.05, 3.63) is 48.5 Å². The number of esters is 2. The van der Waals surface area contributed by atoms with Crippen LogP contribution in [0.1, 0.15) is 110 Å². The van der Waals surface area contributed by atoms with Gasteiger partial charge in [-0.2, -0.15) is 0 Å². The Hall–Kier alpha value is -3.02. The van der Waals surface area contributed by atoms with Gasteiger partial charge in [0.15, 0.2) is 0 Å². The number of carbonyl (C=O) groups excluding carboxylic acids is 2. The summed E-state index contributed by atoms with van der Waals surface area (Å²) < 4.78 is 11.0. The third-order valence-electron chi connectivity index (χ3n) is 7.16. The summed E-state index contributed by atoms with van der Waals surface area (Å²) >= 11 is 0. The van der Waals surface area contributed by atoms with Crippen LogP contribution >= 0.6 is 0 Å². The molecule has 0 bridgehead atoms. The van der Waals surface area contributed by atoms with Crippen LogP contribution in [0.5, 0.6) is 23.0 Å². The van der Waals surface area contributed by atoms with Crippen molar-refractivity contribution in [3.8, 4) is 23.0 Å². The minimum atomic E-state index is -0.169. The van der Waals surface area contributed by atoms with Gasteiger partial charge in [-0.25, -0.2) is 0 Å². The standard InChI is InChI=1S/C33H48O6/c1-3-14-26(32(36)38-30-22-18-28(34)19-23-30)16-12-10-8-6-5-7-9-11-13-17-27(15-4-2)33(37)39-31-24-20-29(35)21-25-31/h18-27,34-35H,3-17H2,1-2H3/t26-,27-/m1/s1. The molecule has 39 heavy (non-hydrogen) atoms. The molecule has 216 valence electrons. The van der Waals surface area contributed by atoms with E-state index in [4.69, 9.17) is 9.47 Å². The van der Waals surface area contributed by atoms with Crippen molar-refractivity contribution in [1.29, 1.82) is 0 Å². The number of hydrogen-bond donors (Lipinski definition) is 2. The molecule has 0 aromatic heterocycles. The molecular formula is C33H48O6. The van der Waals surface area contributed by atoms with E-state index in [1.807, 2.05) is 0 Å². The van der Waals surface area contributed by atoms with E-state index >= 15 is 0 Å². The molecule has 0 aliphatic rings. The maximum absolute atomic E-state index is 12.6. The Morgan fingerprint density at radius 3 is 1.15 bits per heavy atom. The van der Waals surface area contributed by atoms with E-state index in [1.54, 1.807) is 24.3 Å². The van der Waals surface area contributed by atoms with Crippen molar-refractivity contribution in [2.45, 2.75) is 110 Å². The molecule has 2 aromatic carbocycles. The molecule has 0 saturated carbocycles. The van der Waals surface area contributed by atoms with Crippen molar-refractivity contribution in [3.63, 3.8) is 0 Å². The van der Waals surface area contributed by atoms with E-state index in [0.29, 0.717) is 11.5 Å². The number of phenols is 2. The van der Waals surface area contributed by atoms with E-state index in [2.05, 4.69) is 13.8 Å². The summed E-state index contributed by atoms with van der Waals surface area (Å²) in [5.41, 5.74) is 0. The highest BCUT2D eigenvalue weighted by Crippen LogP contribution is 2.24. The molecule has 6 heteroatoms. The molecule has 0 fully saturated rings. The Kier molecular flexibility index (Phi) is 15.8. The van der Waals surface area contributed by atoms with Crippen LogP contribution in [0.4, 0.5) is 0 Å². The first kappa shape index (κ1) is 32.2. The van der Waals surface area contributed by atoms with E-state index < -0.39 is 0 Å². The Labute approximate surface area is 234 Å². The van der Waals surface area contributed by atoms with Gasteiger partial charge >= 0.3 is 11.9 Å². The first-order valence-electron chi connectivity index (χ1n) is 14.9. The van der Waals surface area contributed by atoms with Crippen molar-refractivity contribution in [1.82, 2.24) is 0 Å². The third kappa shape index (κ3) is 13.6. The monoisotopic (exact) mass is 540 g/mol. The van der Waals surface area contributed by atoms with E-state index in [0.717, 1.165) is 64.2 Å². The zero-order chi connectivity index (χ0) is 28.3. The quantitative estimate of drug-likeness (QED) is 0.0991. The minimum Gasteiger partial charge on any atom is -0.508 e. The summed E-state index contributed by atoms with van der Waals surface area (Å²) in [6.07, 6.45) is 15.7. The zero-order valence-electron chi connectivity index (χ0n) is 23.9. The second-order valence-electron chi connectivity index (χ2n) is 10.6. The van der Waals surface area contributed by atoms with Crippen molar-refractivity contribution in [2.24, 2.45) is 11.8 Å². The van der Waals surface area contributed by atoms with Gasteiger partial charge in [-0.3, -0.25) is 9.59 Å². The predicted octanol–water partition coefficient (Wildman–Crippen LogP) is 8.73. The van der Waals surface area contributed by atoms with Gasteiger partial charge < -0.3 is 19.7 Å². The summed E-state index contributed by atoms with van der Waals surface area (Å²) in [6.45, 7) is 4.18. The van der Waals surface area contributed by atoms with Crippen molar-refractivity contribution < 1.29 is 29.3 Å². The smallest absolute Gasteiger partial charge is 0.314 e. The van der Waals surface area contributed by atoms with Gasteiger partial charge in [-0.15, -0.1) is 0 Å². The number of ether oxygens (including phenoxy) is 2. The molecule has 6 nitrogen and oxygen atoms in total. The van der Waals surface area contributed by atoms with E-state index in [9.17, 15) is 19.8 Å². The maximum atomic E-state index is 12.6. The Morgan fingerprint density at radius 2 is 0.846 bits per heavy atom. The molecule has 2 N–H and O–H groups in total. The van der Waals surface area contributed by atoms with E-state index in [1.165, 1.54) is 56.4 Å². The summed E-state index contributed by atoms with van der Waals surface area (Å²) in [5.74, 6) is 0.797. The maximum Gasteiger partial charge on any atom is 0.314 e. The first-order valence-corrected chi connectivity index (χ1v) is 14.9. The van der Waals surface area contributed by atoms with Crippen molar-refractivity contribution in [2.75, 3.05) is 0 Å². The van der Waals surface area contributed by atoms with Crippen LogP contribution in [-0.2, 0) is 9.59 Å².